The molecule has 0 radical (unpaired) electrons. The van der Waals surface area contributed by atoms with Crippen molar-refractivity contribution in [2.75, 3.05) is 45.5 Å². The van der Waals surface area contributed by atoms with Gasteiger partial charge in [-0.1, -0.05) is 12.8 Å². The number of nitrogens with zero attached hydrogens (tertiary/aromatic N) is 3. The van der Waals surface area contributed by atoms with E-state index in [4.69, 9.17) is 4.99 Å². The first kappa shape index (κ1) is 23.0. The van der Waals surface area contributed by atoms with Gasteiger partial charge in [0.25, 0.3) is 0 Å². The maximum absolute atomic E-state index is 11.8. The van der Waals surface area contributed by atoms with Gasteiger partial charge in [0.2, 0.25) is 10.0 Å². The molecule has 8 heteroatoms. The van der Waals surface area contributed by atoms with Crippen LogP contribution < -0.4 is 5.32 Å². The van der Waals surface area contributed by atoms with E-state index in [-0.39, 0.29) is 29.7 Å². The lowest BCUT2D eigenvalue weighted by Crippen LogP contribution is -2.41. The van der Waals surface area contributed by atoms with Gasteiger partial charge in [-0.05, 0) is 44.9 Å². The Labute approximate surface area is 170 Å². The van der Waals surface area contributed by atoms with Gasteiger partial charge in [0.05, 0.1) is 5.75 Å². The molecule has 1 aliphatic heterocycles. The lowest BCUT2D eigenvalue weighted by molar-refractivity contribution is 0.309. The highest BCUT2D eigenvalue weighted by Crippen LogP contribution is 2.45. The minimum absolute atomic E-state index is 0. The third-order valence-electron chi connectivity index (χ3n) is 5.47. The number of rotatable bonds is 7. The Kier molecular flexibility index (Phi) is 9.45. The topological polar surface area (TPSA) is 65.0 Å². The molecule has 2 aliphatic rings. The molecule has 1 N–H and O–H groups in total. The molecule has 0 aromatic carbocycles. The Bertz CT molecular complexity index is 533. The largest absolute Gasteiger partial charge is 0.357 e. The fraction of sp³-hybridized carbons (Fsp3) is 0.941. The first-order chi connectivity index (χ1) is 11.4. The lowest BCUT2D eigenvalue weighted by atomic mass is 9.86. The summed E-state index contributed by atoms with van der Waals surface area (Å²) in [6.45, 7) is 8.06. The van der Waals surface area contributed by atoms with Gasteiger partial charge in [0.1, 0.15) is 0 Å². The Hall–Kier alpha value is -0.0900. The summed E-state index contributed by atoms with van der Waals surface area (Å²) in [5.41, 5.74) is 0.533. The van der Waals surface area contributed by atoms with Crippen LogP contribution in [0, 0.1) is 5.41 Å². The van der Waals surface area contributed by atoms with Crippen molar-refractivity contribution in [3.05, 3.63) is 0 Å². The van der Waals surface area contributed by atoms with Crippen LogP contribution in [0.15, 0.2) is 4.99 Å². The summed E-state index contributed by atoms with van der Waals surface area (Å²) in [7, 11) is -1.43. The van der Waals surface area contributed by atoms with Gasteiger partial charge in [0, 0.05) is 39.8 Å². The van der Waals surface area contributed by atoms with Gasteiger partial charge >= 0.3 is 0 Å². The minimum Gasteiger partial charge on any atom is -0.357 e. The molecule has 0 amide bonds. The van der Waals surface area contributed by atoms with E-state index in [2.05, 4.69) is 17.1 Å². The van der Waals surface area contributed by atoms with Crippen molar-refractivity contribution in [2.24, 2.45) is 10.4 Å². The Balaban J connectivity index is 0.00000312. The first-order valence-corrected chi connectivity index (χ1v) is 11.0. The molecule has 1 spiro atoms. The normalized spacial score (nSPS) is 20.3. The number of hydrogen-bond acceptors (Lipinski definition) is 3. The van der Waals surface area contributed by atoms with Crippen molar-refractivity contribution in [3.8, 4) is 0 Å². The monoisotopic (exact) mass is 486 g/mol. The molecule has 1 heterocycles. The van der Waals surface area contributed by atoms with Crippen molar-refractivity contribution >= 4 is 40.0 Å². The van der Waals surface area contributed by atoms with E-state index in [1.54, 1.807) is 14.0 Å². The predicted molar refractivity (Wildman–Crippen MR) is 115 cm³/mol. The van der Waals surface area contributed by atoms with Gasteiger partial charge in [-0.2, -0.15) is 0 Å². The minimum atomic E-state index is -3.08. The van der Waals surface area contributed by atoms with Gasteiger partial charge in [-0.25, -0.2) is 12.7 Å². The maximum Gasteiger partial charge on any atom is 0.213 e. The first-order valence-electron chi connectivity index (χ1n) is 9.40. The Morgan fingerprint density at radius 2 is 1.92 bits per heavy atom. The summed E-state index contributed by atoms with van der Waals surface area (Å²) in [6, 6.07) is 0. The molecular formula is C17H35IN4O2S. The van der Waals surface area contributed by atoms with Gasteiger partial charge in [-0.15, -0.1) is 24.0 Å². The third-order valence-corrected chi connectivity index (χ3v) is 7.33. The number of likely N-dealkylation sites (tertiary alicyclic amines) is 1. The summed E-state index contributed by atoms with van der Waals surface area (Å²) in [4.78, 5) is 7.14. The van der Waals surface area contributed by atoms with E-state index < -0.39 is 10.0 Å². The van der Waals surface area contributed by atoms with Crippen molar-refractivity contribution < 1.29 is 8.42 Å². The van der Waals surface area contributed by atoms with Crippen LogP contribution in [0.4, 0.5) is 0 Å². The molecule has 0 bridgehead atoms. The maximum atomic E-state index is 11.8. The van der Waals surface area contributed by atoms with E-state index >= 15 is 0 Å². The molecule has 2 rings (SSSR count). The standard InChI is InChI=1S/C17H34N4O2S.HI/c1-4-18-16(19-12-8-13-20(3)24(22,23)5-2)21-14-11-17(15-21)9-6-7-10-17;/h4-15H2,1-3H3,(H,18,19);1H. The van der Waals surface area contributed by atoms with Crippen molar-refractivity contribution in [1.29, 1.82) is 0 Å². The SMILES string of the molecule is CCNC(=NCCCN(C)S(=O)(=O)CC)N1CCC2(CCCC2)C1.I. The van der Waals surface area contributed by atoms with Crippen LogP contribution in [0.25, 0.3) is 0 Å². The highest BCUT2D eigenvalue weighted by molar-refractivity contribution is 14.0. The van der Waals surface area contributed by atoms with Crippen LogP contribution in [0.1, 0.15) is 52.4 Å². The zero-order chi connectivity index (χ0) is 17.6. The molecule has 2 fully saturated rings. The molecule has 25 heavy (non-hydrogen) atoms. The molecule has 0 aromatic heterocycles. The average Bonchev–Trinajstić information content (AvgIpc) is 3.20. The second kappa shape index (κ2) is 10.3. The highest BCUT2D eigenvalue weighted by atomic mass is 127. The summed E-state index contributed by atoms with van der Waals surface area (Å²) < 4.78 is 24.9. The molecule has 1 saturated heterocycles. The second-order valence-corrected chi connectivity index (χ2v) is 9.55. The van der Waals surface area contributed by atoms with E-state index in [0.717, 1.165) is 32.0 Å². The zero-order valence-electron chi connectivity index (χ0n) is 16.0. The predicted octanol–water partition coefficient (Wildman–Crippen LogP) is 2.51. The summed E-state index contributed by atoms with van der Waals surface area (Å²) in [5, 5.41) is 3.40. The number of aliphatic imine (C=N–C) groups is 1. The number of hydrogen-bond donors (Lipinski definition) is 1. The smallest absolute Gasteiger partial charge is 0.213 e. The fourth-order valence-corrected chi connectivity index (χ4v) is 4.76. The van der Waals surface area contributed by atoms with E-state index in [9.17, 15) is 8.42 Å². The van der Waals surface area contributed by atoms with Crippen LogP contribution in [-0.2, 0) is 10.0 Å². The fourth-order valence-electron chi connectivity index (χ4n) is 3.91. The van der Waals surface area contributed by atoms with Gasteiger partial charge < -0.3 is 10.2 Å². The Morgan fingerprint density at radius 1 is 1.24 bits per heavy atom. The molecule has 1 aliphatic carbocycles. The Morgan fingerprint density at radius 3 is 2.52 bits per heavy atom. The van der Waals surface area contributed by atoms with Crippen LogP contribution in [0.3, 0.4) is 0 Å². The summed E-state index contributed by atoms with van der Waals surface area (Å²) in [6.07, 6.45) is 7.52. The summed E-state index contributed by atoms with van der Waals surface area (Å²) in [5.74, 6) is 1.16. The molecule has 148 valence electrons. The van der Waals surface area contributed by atoms with E-state index in [1.165, 1.54) is 36.4 Å². The van der Waals surface area contributed by atoms with Crippen molar-refractivity contribution in [1.82, 2.24) is 14.5 Å². The van der Waals surface area contributed by atoms with Crippen LogP contribution in [0.2, 0.25) is 0 Å². The summed E-state index contributed by atoms with van der Waals surface area (Å²) >= 11 is 0. The van der Waals surface area contributed by atoms with Crippen molar-refractivity contribution in [2.45, 2.75) is 52.4 Å². The number of sulfonamides is 1. The molecule has 1 saturated carbocycles. The molecule has 0 atom stereocenters. The van der Waals surface area contributed by atoms with Gasteiger partial charge in [0.15, 0.2) is 5.96 Å². The average molecular weight is 486 g/mol. The van der Waals surface area contributed by atoms with Crippen LogP contribution in [0.5, 0.6) is 0 Å². The van der Waals surface area contributed by atoms with Crippen LogP contribution >= 0.6 is 24.0 Å². The number of guanidine groups is 1. The van der Waals surface area contributed by atoms with E-state index in [0.29, 0.717) is 18.5 Å². The van der Waals surface area contributed by atoms with E-state index in [1.807, 2.05) is 0 Å². The van der Waals surface area contributed by atoms with Crippen molar-refractivity contribution in [3.63, 3.8) is 0 Å². The molecule has 0 aromatic rings. The second-order valence-electron chi connectivity index (χ2n) is 7.19. The van der Waals surface area contributed by atoms with Crippen LogP contribution in [-0.4, -0.2) is 69.1 Å². The van der Waals surface area contributed by atoms with Gasteiger partial charge in [-0.3, -0.25) is 4.99 Å². The number of halogens is 1. The number of nitrogens with one attached hydrogen (secondary N) is 1. The quantitative estimate of drug-likeness (QED) is 0.260. The zero-order valence-corrected chi connectivity index (χ0v) is 19.1. The molecular weight excluding hydrogens is 451 g/mol. The third kappa shape index (κ3) is 6.23. The lowest BCUT2D eigenvalue weighted by Gasteiger charge is -2.26. The molecule has 0 unspecified atom stereocenters. The highest BCUT2D eigenvalue weighted by Gasteiger charge is 2.41. The molecule has 6 nitrogen and oxygen atoms in total.